The fourth-order valence-electron chi connectivity index (χ4n) is 3.33. The van der Waals surface area contributed by atoms with Gasteiger partial charge in [-0.15, -0.1) is 0 Å². The topological polar surface area (TPSA) is 65.2 Å². The van der Waals surface area contributed by atoms with Gasteiger partial charge in [-0.2, -0.15) is 0 Å². The van der Waals surface area contributed by atoms with Crippen LogP contribution in [0.15, 0.2) is 60.8 Å². The Kier molecular flexibility index (Phi) is 3.98. The Balaban J connectivity index is 1.45. The van der Waals surface area contributed by atoms with E-state index in [1.807, 2.05) is 60.8 Å². The predicted octanol–water partition coefficient (Wildman–Crippen LogP) is 3.16. The summed E-state index contributed by atoms with van der Waals surface area (Å²) in [6, 6.07) is 17.5. The summed E-state index contributed by atoms with van der Waals surface area (Å²) in [5, 5.41) is 3.95. The van der Waals surface area contributed by atoms with E-state index in [0.29, 0.717) is 13.1 Å². The average Bonchev–Trinajstić information content (AvgIpc) is 3.24. The van der Waals surface area contributed by atoms with Crippen LogP contribution in [0.4, 0.5) is 5.69 Å². The van der Waals surface area contributed by atoms with Crippen molar-refractivity contribution >= 4 is 28.4 Å². The maximum absolute atomic E-state index is 12.6. The van der Waals surface area contributed by atoms with Crippen molar-refractivity contribution in [3.05, 3.63) is 66.4 Å². The van der Waals surface area contributed by atoms with Crippen molar-refractivity contribution in [2.24, 2.45) is 5.92 Å². The zero-order valence-corrected chi connectivity index (χ0v) is 13.7. The summed E-state index contributed by atoms with van der Waals surface area (Å²) in [7, 11) is 0. The van der Waals surface area contributed by atoms with Crippen LogP contribution in [0.1, 0.15) is 12.0 Å². The molecule has 4 rings (SSSR count). The summed E-state index contributed by atoms with van der Waals surface area (Å²) in [5.74, 6) is -0.383. The number of anilines is 1. The van der Waals surface area contributed by atoms with Crippen LogP contribution in [-0.4, -0.2) is 28.2 Å². The van der Waals surface area contributed by atoms with Crippen LogP contribution in [0, 0.1) is 5.92 Å². The number of aromatic nitrogens is 1. The van der Waals surface area contributed by atoms with Crippen molar-refractivity contribution in [3.63, 3.8) is 0 Å². The molecule has 25 heavy (non-hydrogen) atoms. The molecule has 0 saturated carbocycles. The Hall–Kier alpha value is -3.08. The Bertz CT molecular complexity index is 917. The number of carbonyl (C=O) groups excluding carboxylic acids is 2. The van der Waals surface area contributed by atoms with Gasteiger partial charge in [0.15, 0.2) is 0 Å². The van der Waals surface area contributed by atoms with Gasteiger partial charge in [-0.25, -0.2) is 0 Å². The van der Waals surface area contributed by atoms with E-state index in [1.54, 1.807) is 4.90 Å². The second-order valence-corrected chi connectivity index (χ2v) is 6.39. The summed E-state index contributed by atoms with van der Waals surface area (Å²) >= 11 is 0. The zero-order valence-electron chi connectivity index (χ0n) is 13.7. The maximum atomic E-state index is 12.6. The first-order valence-corrected chi connectivity index (χ1v) is 8.39. The third-order valence-corrected chi connectivity index (χ3v) is 4.65. The number of nitrogens with zero attached hydrogens (tertiary/aromatic N) is 1. The zero-order chi connectivity index (χ0) is 17.2. The van der Waals surface area contributed by atoms with E-state index in [0.717, 1.165) is 22.2 Å². The highest BCUT2D eigenvalue weighted by Gasteiger charge is 2.34. The molecule has 0 bridgehead atoms. The SMILES string of the molecule is O=C(Nc1cccc2[nH]ccc12)[C@H]1CC(=O)N(Cc2ccccc2)C1. The van der Waals surface area contributed by atoms with Crippen LogP contribution in [0.2, 0.25) is 0 Å². The fourth-order valence-corrected chi connectivity index (χ4v) is 3.33. The molecule has 0 unspecified atom stereocenters. The highest BCUT2D eigenvalue weighted by molar-refractivity contribution is 6.03. The normalized spacial score (nSPS) is 17.2. The Morgan fingerprint density at radius 1 is 1.12 bits per heavy atom. The summed E-state index contributed by atoms with van der Waals surface area (Å²) < 4.78 is 0. The quantitative estimate of drug-likeness (QED) is 0.770. The van der Waals surface area contributed by atoms with E-state index in [2.05, 4.69) is 10.3 Å². The van der Waals surface area contributed by atoms with E-state index in [1.165, 1.54) is 0 Å². The largest absolute Gasteiger partial charge is 0.361 e. The first-order chi connectivity index (χ1) is 12.2. The fraction of sp³-hybridized carbons (Fsp3) is 0.200. The molecule has 0 spiro atoms. The molecule has 1 aliphatic heterocycles. The van der Waals surface area contributed by atoms with Gasteiger partial charge in [0.1, 0.15) is 0 Å². The van der Waals surface area contributed by atoms with Gasteiger partial charge in [-0.05, 0) is 23.8 Å². The minimum absolute atomic E-state index is 0.0313. The van der Waals surface area contributed by atoms with Crippen LogP contribution in [0.25, 0.3) is 10.9 Å². The molecule has 1 aliphatic rings. The third kappa shape index (κ3) is 3.13. The molecular formula is C20H19N3O2. The van der Waals surface area contributed by atoms with Crippen LogP contribution in [-0.2, 0) is 16.1 Å². The number of amides is 2. The van der Waals surface area contributed by atoms with Gasteiger partial charge >= 0.3 is 0 Å². The first-order valence-electron chi connectivity index (χ1n) is 8.39. The third-order valence-electron chi connectivity index (χ3n) is 4.65. The van der Waals surface area contributed by atoms with Crippen molar-refractivity contribution in [3.8, 4) is 0 Å². The molecule has 5 nitrogen and oxygen atoms in total. The lowest BCUT2D eigenvalue weighted by atomic mass is 10.1. The van der Waals surface area contributed by atoms with Gasteiger partial charge < -0.3 is 15.2 Å². The summed E-state index contributed by atoms with van der Waals surface area (Å²) in [6.07, 6.45) is 2.11. The minimum atomic E-state index is -0.314. The van der Waals surface area contributed by atoms with Crippen molar-refractivity contribution in [2.45, 2.75) is 13.0 Å². The van der Waals surface area contributed by atoms with Crippen LogP contribution in [0.3, 0.4) is 0 Å². The molecule has 1 atom stereocenters. The van der Waals surface area contributed by atoms with Gasteiger partial charge in [0.2, 0.25) is 11.8 Å². The minimum Gasteiger partial charge on any atom is -0.361 e. The maximum Gasteiger partial charge on any atom is 0.229 e. The van der Waals surface area contributed by atoms with E-state index in [4.69, 9.17) is 0 Å². The number of hydrogen-bond acceptors (Lipinski definition) is 2. The highest BCUT2D eigenvalue weighted by atomic mass is 16.2. The molecule has 3 aromatic rings. The van der Waals surface area contributed by atoms with Crippen LogP contribution in [0.5, 0.6) is 0 Å². The van der Waals surface area contributed by atoms with Gasteiger partial charge in [0.05, 0.1) is 11.6 Å². The molecule has 2 aromatic carbocycles. The standard InChI is InChI=1S/C20H19N3O2/c24-19-11-15(13-23(19)12-14-5-2-1-3-6-14)20(25)22-18-8-4-7-17-16(18)9-10-21-17/h1-10,15,21H,11-13H2,(H,22,25)/t15-/m0/s1. The number of benzene rings is 2. The number of fused-ring (bicyclic) bond motifs is 1. The first kappa shape index (κ1) is 15.4. The summed E-state index contributed by atoms with van der Waals surface area (Å²) in [6.45, 7) is 1.01. The van der Waals surface area contributed by atoms with Gasteiger partial charge in [-0.3, -0.25) is 9.59 Å². The Morgan fingerprint density at radius 2 is 1.96 bits per heavy atom. The summed E-state index contributed by atoms with van der Waals surface area (Å²) in [5.41, 5.74) is 2.83. The second-order valence-electron chi connectivity index (χ2n) is 6.39. The van der Waals surface area contributed by atoms with E-state index >= 15 is 0 Å². The monoisotopic (exact) mass is 333 g/mol. The van der Waals surface area contributed by atoms with Crippen LogP contribution < -0.4 is 5.32 Å². The lowest BCUT2D eigenvalue weighted by Gasteiger charge is -2.16. The number of carbonyl (C=O) groups is 2. The molecule has 0 radical (unpaired) electrons. The number of aromatic amines is 1. The van der Waals surface area contributed by atoms with Crippen molar-refractivity contribution in [1.29, 1.82) is 0 Å². The molecule has 0 aliphatic carbocycles. The Labute approximate surface area is 145 Å². The molecule has 1 saturated heterocycles. The molecular weight excluding hydrogens is 314 g/mol. The van der Waals surface area contributed by atoms with Crippen molar-refractivity contribution < 1.29 is 9.59 Å². The lowest BCUT2D eigenvalue weighted by Crippen LogP contribution is -2.28. The second kappa shape index (κ2) is 6.43. The number of nitrogens with one attached hydrogen (secondary N) is 2. The van der Waals surface area contributed by atoms with Crippen LogP contribution >= 0.6 is 0 Å². The number of rotatable bonds is 4. The highest BCUT2D eigenvalue weighted by Crippen LogP contribution is 2.25. The van der Waals surface area contributed by atoms with E-state index in [-0.39, 0.29) is 24.2 Å². The molecule has 2 amide bonds. The number of H-pyrrole nitrogens is 1. The molecule has 5 heteroatoms. The van der Waals surface area contributed by atoms with Gasteiger partial charge in [0, 0.05) is 36.6 Å². The van der Waals surface area contributed by atoms with E-state index < -0.39 is 0 Å². The van der Waals surface area contributed by atoms with Gasteiger partial charge in [0.25, 0.3) is 0 Å². The number of likely N-dealkylation sites (tertiary alicyclic amines) is 1. The lowest BCUT2D eigenvalue weighted by molar-refractivity contribution is -0.128. The van der Waals surface area contributed by atoms with Crippen molar-refractivity contribution in [1.82, 2.24) is 9.88 Å². The Morgan fingerprint density at radius 3 is 2.80 bits per heavy atom. The molecule has 1 aromatic heterocycles. The van der Waals surface area contributed by atoms with Crippen molar-refractivity contribution in [2.75, 3.05) is 11.9 Å². The average molecular weight is 333 g/mol. The molecule has 1 fully saturated rings. The number of hydrogen-bond donors (Lipinski definition) is 2. The van der Waals surface area contributed by atoms with E-state index in [9.17, 15) is 9.59 Å². The summed E-state index contributed by atoms with van der Waals surface area (Å²) in [4.78, 5) is 29.8. The van der Waals surface area contributed by atoms with Gasteiger partial charge in [-0.1, -0.05) is 36.4 Å². The molecule has 2 heterocycles. The predicted molar refractivity (Wildman–Crippen MR) is 96.9 cm³/mol. The molecule has 126 valence electrons. The molecule has 2 N–H and O–H groups in total. The smallest absolute Gasteiger partial charge is 0.229 e.